The van der Waals surface area contributed by atoms with Gasteiger partial charge in [0.25, 0.3) is 0 Å². The van der Waals surface area contributed by atoms with Gasteiger partial charge in [-0.15, -0.1) is 0 Å². The Hall–Kier alpha value is -6.09. The first kappa shape index (κ1) is 34.0. The predicted molar refractivity (Wildman–Crippen MR) is 216 cm³/mol. The number of hydrogen-bond acceptors (Lipinski definition) is 7. The number of pyridine rings is 2. The Morgan fingerprint density at radius 3 is 1.68 bits per heavy atom. The predicted octanol–water partition coefficient (Wildman–Crippen LogP) is 8.85. The van der Waals surface area contributed by atoms with Crippen LogP contribution in [0.1, 0.15) is 27.7 Å². The fraction of sp³-hybridized carbons (Fsp3) is 0.133. The highest BCUT2D eigenvalue weighted by molar-refractivity contribution is 6.47. The quantitative estimate of drug-likeness (QED) is 0.119. The van der Waals surface area contributed by atoms with Gasteiger partial charge in [-0.05, 0) is 57.0 Å². The third kappa shape index (κ3) is 7.07. The molecule has 7 nitrogen and oxygen atoms in total. The van der Waals surface area contributed by atoms with Crippen molar-refractivity contribution in [3.8, 4) is 56.5 Å². The summed E-state index contributed by atoms with van der Waals surface area (Å²) in [6, 6.07) is 47.0. The van der Waals surface area contributed by atoms with Crippen LogP contribution in [0.2, 0.25) is 0 Å². The van der Waals surface area contributed by atoms with Gasteiger partial charge < -0.3 is 9.76 Å². The number of aromatic nitrogens is 5. The summed E-state index contributed by atoms with van der Waals surface area (Å²) in [5.74, 6) is 1.67. The summed E-state index contributed by atoms with van der Waals surface area (Å²) < 4.78 is 6.39. The summed E-state index contributed by atoms with van der Waals surface area (Å²) in [6.45, 7) is 7.31. The van der Waals surface area contributed by atoms with Crippen molar-refractivity contribution in [3.05, 3.63) is 146 Å². The number of aliphatic hydroxyl groups is 1. The van der Waals surface area contributed by atoms with E-state index in [4.69, 9.17) is 24.6 Å². The lowest BCUT2D eigenvalue weighted by Crippen LogP contribution is -2.49. The molecule has 0 fully saturated rings. The maximum atomic E-state index is 10.9. The van der Waals surface area contributed by atoms with Crippen LogP contribution in [-0.4, -0.2) is 48.7 Å². The van der Waals surface area contributed by atoms with Crippen LogP contribution < -0.4 is 5.46 Å². The highest BCUT2D eigenvalue weighted by Gasteiger charge is 2.35. The van der Waals surface area contributed by atoms with Gasteiger partial charge in [-0.2, -0.15) is 0 Å². The van der Waals surface area contributed by atoms with Crippen LogP contribution in [0.4, 0.5) is 0 Å². The van der Waals surface area contributed by atoms with Crippen LogP contribution in [0, 0.1) is 0 Å². The average molecular weight is 692 g/mol. The Kier molecular flexibility index (Phi) is 8.86. The molecule has 0 saturated heterocycles. The first-order valence-corrected chi connectivity index (χ1v) is 17.7. The first-order chi connectivity index (χ1) is 25.6. The third-order valence-electron chi connectivity index (χ3n) is 9.97. The van der Waals surface area contributed by atoms with Crippen molar-refractivity contribution in [2.45, 2.75) is 38.9 Å². The Labute approximate surface area is 309 Å². The van der Waals surface area contributed by atoms with Crippen LogP contribution in [-0.2, 0) is 4.65 Å². The molecule has 0 atom stereocenters. The SMILES string of the molecule is CC(C)(O)C(C)(C)OBc1cc(-c2ccc3ccc4cccnc4c3n2)cc(-c2nc(-c3ccccc3)nc(-c3ccc(-c4ccccc4)cc3)n2)c1. The topological polar surface area (TPSA) is 93.9 Å². The zero-order valence-electron chi connectivity index (χ0n) is 30.2. The van der Waals surface area contributed by atoms with Gasteiger partial charge in [0.1, 0.15) is 0 Å². The van der Waals surface area contributed by atoms with Crippen LogP contribution in [0.5, 0.6) is 0 Å². The maximum absolute atomic E-state index is 10.9. The van der Waals surface area contributed by atoms with E-state index >= 15 is 0 Å². The van der Waals surface area contributed by atoms with Crippen LogP contribution >= 0.6 is 0 Å². The normalized spacial score (nSPS) is 11.9. The molecule has 8 aromatic rings. The van der Waals surface area contributed by atoms with Crippen molar-refractivity contribution in [2.24, 2.45) is 0 Å². The zero-order valence-corrected chi connectivity index (χ0v) is 30.2. The van der Waals surface area contributed by atoms with Gasteiger partial charge in [-0.1, -0.05) is 127 Å². The van der Waals surface area contributed by atoms with Crippen molar-refractivity contribution in [3.63, 3.8) is 0 Å². The smallest absolute Gasteiger partial charge is 0.309 e. The second-order valence-corrected chi connectivity index (χ2v) is 14.3. The van der Waals surface area contributed by atoms with Gasteiger partial charge in [-0.25, -0.2) is 19.9 Å². The minimum absolute atomic E-state index is 0.250. The lowest BCUT2D eigenvalue weighted by molar-refractivity contribution is -0.0893. The number of hydrogen-bond donors (Lipinski definition) is 1. The standard InChI is InChI=1S/C45H38BN5O2/c1-44(2,52)45(3,4)53-46-37-27-35(38-24-23-32-20-19-31-16-11-25-47-39(31)40(32)48-38)26-36(28-37)43-50-41(33-14-9-6-10-15-33)49-42(51-43)34-21-17-30(18-22-34)29-12-7-5-8-13-29/h5-28,46,52H,1-4H3. The van der Waals surface area contributed by atoms with E-state index in [0.717, 1.165) is 66.3 Å². The molecule has 0 spiro atoms. The molecular formula is C45H38BN5O2. The Morgan fingerprint density at radius 1 is 0.491 bits per heavy atom. The zero-order chi connectivity index (χ0) is 36.6. The molecule has 0 radical (unpaired) electrons. The van der Waals surface area contributed by atoms with Crippen LogP contribution in [0.3, 0.4) is 0 Å². The van der Waals surface area contributed by atoms with E-state index in [9.17, 15) is 5.11 Å². The summed E-state index contributed by atoms with van der Waals surface area (Å²) in [4.78, 5) is 24.9. The molecule has 0 aliphatic heterocycles. The number of nitrogens with zero attached hydrogens (tertiary/aromatic N) is 5. The van der Waals surface area contributed by atoms with Gasteiger partial charge in [0, 0.05) is 39.2 Å². The van der Waals surface area contributed by atoms with E-state index < -0.39 is 11.2 Å². The van der Waals surface area contributed by atoms with Crippen molar-refractivity contribution in [1.29, 1.82) is 0 Å². The molecule has 8 heteroatoms. The van der Waals surface area contributed by atoms with E-state index in [1.165, 1.54) is 0 Å². The minimum Gasteiger partial charge on any atom is -0.427 e. The summed E-state index contributed by atoms with van der Waals surface area (Å²) in [5, 5.41) is 12.9. The number of rotatable bonds is 9. The largest absolute Gasteiger partial charge is 0.427 e. The molecule has 0 aliphatic rings. The molecule has 3 heterocycles. The summed E-state index contributed by atoms with van der Waals surface area (Å²) >= 11 is 0. The van der Waals surface area contributed by atoms with Crippen LogP contribution in [0.15, 0.2) is 146 Å². The van der Waals surface area contributed by atoms with Crippen molar-refractivity contribution in [1.82, 2.24) is 24.9 Å². The monoisotopic (exact) mass is 691 g/mol. The second kappa shape index (κ2) is 13.8. The third-order valence-corrected chi connectivity index (χ3v) is 9.97. The molecule has 0 unspecified atom stereocenters. The van der Waals surface area contributed by atoms with Gasteiger partial charge in [0.2, 0.25) is 0 Å². The molecular weight excluding hydrogens is 653 g/mol. The van der Waals surface area contributed by atoms with E-state index in [-0.39, 0.29) is 7.48 Å². The lowest BCUT2D eigenvalue weighted by Gasteiger charge is -2.37. The Balaban J connectivity index is 1.28. The molecule has 8 rings (SSSR count). The summed E-state index contributed by atoms with van der Waals surface area (Å²) in [5.41, 5.74) is 7.19. The molecule has 0 saturated carbocycles. The minimum atomic E-state index is -1.06. The van der Waals surface area contributed by atoms with Gasteiger partial charge in [-0.3, -0.25) is 4.98 Å². The Bertz CT molecular complexity index is 2570. The van der Waals surface area contributed by atoms with E-state index in [1.54, 1.807) is 20.0 Å². The molecule has 0 amide bonds. The van der Waals surface area contributed by atoms with Crippen molar-refractivity contribution >= 4 is 34.8 Å². The highest BCUT2D eigenvalue weighted by Crippen LogP contribution is 2.31. The van der Waals surface area contributed by atoms with Gasteiger partial charge in [0.15, 0.2) is 17.5 Å². The lowest BCUT2D eigenvalue weighted by atomic mass is 9.81. The molecule has 258 valence electrons. The number of benzene rings is 5. The molecule has 0 aliphatic carbocycles. The Morgan fingerprint density at radius 2 is 1.02 bits per heavy atom. The molecule has 3 aromatic heterocycles. The van der Waals surface area contributed by atoms with E-state index in [2.05, 4.69) is 77.8 Å². The van der Waals surface area contributed by atoms with Gasteiger partial charge >= 0.3 is 7.48 Å². The highest BCUT2D eigenvalue weighted by atomic mass is 16.5. The van der Waals surface area contributed by atoms with Crippen molar-refractivity contribution < 1.29 is 9.76 Å². The average Bonchev–Trinajstić information content (AvgIpc) is 3.20. The second-order valence-electron chi connectivity index (χ2n) is 14.3. The van der Waals surface area contributed by atoms with E-state index in [0.29, 0.717) is 17.5 Å². The molecule has 53 heavy (non-hydrogen) atoms. The fourth-order valence-corrected chi connectivity index (χ4v) is 6.17. The molecule has 1 N–H and O–H groups in total. The van der Waals surface area contributed by atoms with Crippen LogP contribution in [0.25, 0.3) is 78.4 Å². The fourth-order valence-electron chi connectivity index (χ4n) is 6.17. The van der Waals surface area contributed by atoms with Crippen molar-refractivity contribution in [2.75, 3.05) is 0 Å². The molecule has 0 bridgehead atoms. The molecule has 5 aromatic carbocycles. The van der Waals surface area contributed by atoms with E-state index in [1.807, 2.05) is 80.6 Å². The number of fused-ring (bicyclic) bond motifs is 3. The summed E-state index contributed by atoms with van der Waals surface area (Å²) in [7, 11) is 0.250. The van der Waals surface area contributed by atoms with Gasteiger partial charge in [0.05, 0.1) is 27.9 Å². The maximum Gasteiger partial charge on any atom is 0.309 e. The summed E-state index contributed by atoms with van der Waals surface area (Å²) in [6.07, 6.45) is 1.80. The first-order valence-electron chi connectivity index (χ1n) is 17.7.